The van der Waals surface area contributed by atoms with Gasteiger partial charge in [-0.15, -0.1) is 11.3 Å². The number of para-hydroxylation sites is 1. The molecular formula is C27H20N2OS. The Bertz CT molecular complexity index is 1270. The predicted molar refractivity (Wildman–Crippen MR) is 130 cm³/mol. The van der Waals surface area contributed by atoms with Crippen LogP contribution in [0.15, 0.2) is 108 Å². The van der Waals surface area contributed by atoms with Gasteiger partial charge in [0.05, 0.1) is 15.9 Å². The number of hydrogen-bond donors (Lipinski definition) is 0. The normalized spacial score (nSPS) is 11.2. The van der Waals surface area contributed by atoms with Crippen LogP contribution in [0, 0.1) is 0 Å². The molecule has 4 heteroatoms. The number of rotatable bonds is 6. The Morgan fingerprint density at radius 3 is 2.29 bits per heavy atom. The second kappa shape index (κ2) is 8.94. The summed E-state index contributed by atoms with van der Waals surface area (Å²) in [6, 6.07) is 34.5. The molecule has 5 aromatic rings. The van der Waals surface area contributed by atoms with E-state index in [9.17, 15) is 0 Å². The third kappa shape index (κ3) is 4.71. The van der Waals surface area contributed by atoms with Gasteiger partial charge in [0.1, 0.15) is 17.4 Å². The highest BCUT2D eigenvalue weighted by Gasteiger charge is 2.05. The van der Waals surface area contributed by atoms with Crippen molar-refractivity contribution >= 4 is 33.5 Å². The molecule has 150 valence electrons. The summed E-state index contributed by atoms with van der Waals surface area (Å²) in [5, 5.41) is 1.03. The van der Waals surface area contributed by atoms with Crippen molar-refractivity contribution in [1.82, 2.24) is 4.98 Å². The summed E-state index contributed by atoms with van der Waals surface area (Å²) in [4.78, 5) is 9.31. The molecule has 0 aliphatic carbocycles. The van der Waals surface area contributed by atoms with E-state index in [1.807, 2.05) is 79.0 Å². The monoisotopic (exact) mass is 420 g/mol. The second-order valence-electron chi connectivity index (χ2n) is 7.14. The van der Waals surface area contributed by atoms with Gasteiger partial charge in [0.2, 0.25) is 0 Å². The lowest BCUT2D eigenvalue weighted by atomic mass is 10.2. The zero-order chi connectivity index (χ0) is 20.9. The fourth-order valence-electron chi connectivity index (χ4n) is 3.23. The molecule has 3 nitrogen and oxygen atoms in total. The standard InChI is InChI=1S/C27H20N2OS/c1-2-6-21(7-3-1)19-30-24-16-10-20(11-17-24)18-28-23-14-12-22(13-15-23)27-29-25-8-4-5-9-26(25)31-27/h1-18H,19H2. The van der Waals surface area contributed by atoms with Crippen LogP contribution in [0.3, 0.4) is 0 Å². The molecule has 0 atom stereocenters. The maximum atomic E-state index is 5.84. The molecule has 0 unspecified atom stereocenters. The Morgan fingerprint density at radius 2 is 1.52 bits per heavy atom. The molecule has 0 fully saturated rings. The van der Waals surface area contributed by atoms with Crippen molar-refractivity contribution in [3.8, 4) is 16.3 Å². The maximum absolute atomic E-state index is 5.84. The van der Waals surface area contributed by atoms with Gasteiger partial charge < -0.3 is 4.74 Å². The molecule has 5 rings (SSSR count). The van der Waals surface area contributed by atoms with E-state index in [0.29, 0.717) is 6.61 Å². The summed E-state index contributed by atoms with van der Waals surface area (Å²) in [5.74, 6) is 0.848. The molecular weight excluding hydrogens is 400 g/mol. The van der Waals surface area contributed by atoms with E-state index in [0.717, 1.165) is 38.7 Å². The van der Waals surface area contributed by atoms with E-state index < -0.39 is 0 Å². The van der Waals surface area contributed by atoms with Crippen LogP contribution in [0.25, 0.3) is 20.8 Å². The van der Waals surface area contributed by atoms with E-state index in [1.165, 1.54) is 4.70 Å². The number of hydrogen-bond acceptors (Lipinski definition) is 4. The van der Waals surface area contributed by atoms with Crippen molar-refractivity contribution < 1.29 is 4.74 Å². The molecule has 0 aliphatic rings. The lowest BCUT2D eigenvalue weighted by Crippen LogP contribution is -1.94. The first-order valence-electron chi connectivity index (χ1n) is 10.1. The number of aliphatic imine (C=N–C) groups is 1. The number of benzene rings is 4. The lowest BCUT2D eigenvalue weighted by Gasteiger charge is -2.06. The third-order valence-corrected chi connectivity index (χ3v) is 5.98. The topological polar surface area (TPSA) is 34.5 Å². The zero-order valence-corrected chi connectivity index (χ0v) is 17.6. The molecule has 0 amide bonds. The van der Waals surface area contributed by atoms with E-state index in [1.54, 1.807) is 11.3 Å². The van der Waals surface area contributed by atoms with Crippen molar-refractivity contribution in [2.24, 2.45) is 4.99 Å². The molecule has 31 heavy (non-hydrogen) atoms. The van der Waals surface area contributed by atoms with Gasteiger partial charge in [0.15, 0.2) is 0 Å². The number of nitrogens with zero attached hydrogens (tertiary/aromatic N) is 2. The number of ether oxygens (including phenoxy) is 1. The van der Waals surface area contributed by atoms with E-state index >= 15 is 0 Å². The van der Waals surface area contributed by atoms with Gasteiger partial charge in [-0.05, 0) is 71.8 Å². The quantitative estimate of drug-likeness (QED) is 0.270. The van der Waals surface area contributed by atoms with Crippen molar-refractivity contribution in [2.45, 2.75) is 6.61 Å². The van der Waals surface area contributed by atoms with E-state index in [4.69, 9.17) is 9.72 Å². The molecule has 0 bridgehead atoms. The van der Waals surface area contributed by atoms with Crippen molar-refractivity contribution in [3.05, 3.63) is 114 Å². The summed E-state index contributed by atoms with van der Waals surface area (Å²) in [7, 11) is 0. The Labute approximate surface area is 185 Å². The molecule has 0 aliphatic heterocycles. The van der Waals surface area contributed by atoms with Crippen molar-refractivity contribution in [3.63, 3.8) is 0 Å². The highest BCUT2D eigenvalue weighted by molar-refractivity contribution is 7.21. The number of fused-ring (bicyclic) bond motifs is 1. The average Bonchev–Trinajstić information content (AvgIpc) is 3.27. The zero-order valence-electron chi connectivity index (χ0n) is 16.8. The van der Waals surface area contributed by atoms with E-state index in [-0.39, 0.29) is 0 Å². The minimum absolute atomic E-state index is 0.565. The molecule has 0 spiro atoms. The predicted octanol–water partition coefficient (Wildman–Crippen LogP) is 7.29. The molecule has 4 aromatic carbocycles. The largest absolute Gasteiger partial charge is 0.489 e. The summed E-state index contributed by atoms with van der Waals surface area (Å²) in [6.45, 7) is 0.565. The summed E-state index contributed by atoms with van der Waals surface area (Å²) >= 11 is 1.71. The smallest absolute Gasteiger partial charge is 0.124 e. The third-order valence-electron chi connectivity index (χ3n) is 4.90. The Balaban J connectivity index is 1.23. The summed E-state index contributed by atoms with van der Waals surface area (Å²) < 4.78 is 7.04. The van der Waals surface area contributed by atoms with Crippen LogP contribution in [0.5, 0.6) is 5.75 Å². The minimum atomic E-state index is 0.565. The highest BCUT2D eigenvalue weighted by atomic mass is 32.1. The fraction of sp³-hybridized carbons (Fsp3) is 0.0370. The first-order chi connectivity index (χ1) is 15.3. The summed E-state index contributed by atoms with van der Waals surface area (Å²) in [6.07, 6.45) is 1.87. The fourth-order valence-corrected chi connectivity index (χ4v) is 4.20. The average molecular weight is 421 g/mol. The number of aromatic nitrogens is 1. The van der Waals surface area contributed by atoms with Gasteiger partial charge in [-0.25, -0.2) is 4.98 Å². The Hall–Kier alpha value is -3.76. The molecule has 0 saturated heterocycles. The lowest BCUT2D eigenvalue weighted by molar-refractivity contribution is 0.306. The van der Waals surface area contributed by atoms with Gasteiger partial charge in [0.25, 0.3) is 0 Å². The van der Waals surface area contributed by atoms with Crippen LogP contribution in [0.4, 0.5) is 5.69 Å². The molecule has 0 radical (unpaired) electrons. The second-order valence-corrected chi connectivity index (χ2v) is 8.17. The van der Waals surface area contributed by atoms with Gasteiger partial charge >= 0.3 is 0 Å². The van der Waals surface area contributed by atoms with Crippen LogP contribution >= 0.6 is 11.3 Å². The first kappa shape index (κ1) is 19.2. The molecule has 1 aromatic heterocycles. The maximum Gasteiger partial charge on any atom is 0.124 e. The van der Waals surface area contributed by atoms with Crippen LogP contribution < -0.4 is 4.74 Å². The van der Waals surface area contributed by atoms with Gasteiger partial charge in [-0.2, -0.15) is 0 Å². The Kier molecular flexibility index (Phi) is 5.54. The Morgan fingerprint density at radius 1 is 0.774 bits per heavy atom. The minimum Gasteiger partial charge on any atom is -0.489 e. The number of thiazole rings is 1. The van der Waals surface area contributed by atoms with Crippen molar-refractivity contribution in [1.29, 1.82) is 0 Å². The summed E-state index contributed by atoms with van der Waals surface area (Å²) in [5.41, 5.74) is 5.25. The van der Waals surface area contributed by atoms with E-state index in [2.05, 4.69) is 35.3 Å². The van der Waals surface area contributed by atoms with Crippen molar-refractivity contribution in [2.75, 3.05) is 0 Å². The van der Waals surface area contributed by atoms with Crippen LogP contribution in [0.2, 0.25) is 0 Å². The molecule has 0 saturated carbocycles. The SMILES string of the molecule is C(=Nc1ccc(-c2nc3ccccc3s2)cc1)c1ccc(OCc2ccccc2)cc1. The molecule has 1 heterocycles. The highest BCUT2D eigenvalue weighted by Crippen LogP contribution is 2.30. The molecule has 0 N–H and O–H groups in total. The van der Waals surface area contributed by atoms with Crippen LogP contribution in [0.1, 0.15) is 11.1 Å². The van der Waals surface area contributed by atoms with Gasteiger partial charge in [-0.1, -0.05) is 42.5 Å². The first-order valence-corrected chi connectivity index (χ1v) is 10.9. The van der Waals surface area contributed by atoms with Gasteiger partial charge in [-0.3, -0.25) is 4.99 Å². The van der Waals surface area contributed by atoms with Crippen LogP contribution in [-0.4, -0.2) is 11.2 Å². The van der Waals surface area contributed by atoms with Gasteiger partial charge in [0, 0.05) is 11.8 Å². The van der Waals surface area contributed by atoms with Crippen LogP contribution in [-0.2, 0) is 6.61 Å².